The van der Waals surface area contributed by atoms with Gasteiger partial charge in [0, 0.05) is 5.69 Å². The van der Waals surface area contributed by atoms with Crippen molar-refractivity contribution in [3.05, 3.63) is 17.5 Å². The van der Waals surface area contributed by atoms with Crippen LogP contribution in [0.2, 0.25) is 0 Å². The largest absolute Gasteiger partial charge is 0.403 e. The van der Waals surface area contributed by atoms with Gasteiger partial charge in [0.15, 0.2) is 0 Å². The molecule has 0 bridgehead atoms. The van der Waals surface area contributed by atoms with E-state index in [-0.39, 0.29) is 6.54 Å². The second-order valence-electron chi connectivity index (χ2n) is 3.12. The Bertz CT molecular complexity index is 319. The number of nitrogens with zero attached hydrogens (tertiary/aromatic N) is 2. The van der Waals surface area contributed by atoms with E-state index in [1.807, 2.05) is 0 Å². The first kappa shape index (κ1) is 11.6. The van der Waals surface area contributed by atoms with E-state index in [2.05, 4.69) is 21.0 Å². The first-order valence-corrected chi connectivity index (χ1v) is 4.94. The summed E-state index contributed by atoms with van der Waals surface area (Å²) in [5.74, 6) is 0. The second-order valence-corrected chi connectivity index (χ2v) is 4.22. The van der Waals surface area contributed by atoms with Crippen molar-refractivity contribution in [1.82, 2.24) is 9.78 Å². The molecule has 2 nitrogen and oxygen atoms in total. The van der Waals surface area contributed by atoms with E-state index in [1.165, 1.54) is 4.68 Å². The fraction of sp³-hybridized carbons (Fsp3) is 0.625. The number of alkyl halides is 4. The summed E-state index contributed by atoms with van der Waals surface area (Å²) in [4.78, 5) is -1.55. The second kappa shape index (κ2) is 3.92. The normalized spacial score (nSPS) is 14.4. The first-order valence-electron chi connectivity index (χ1n) is 4.02. The molecule has 1 heterocycles. The van der Waals surface area contributed by atoms with Gasteiger partial charge in [-0.2, -0.15) is 18.3 Å². The summed E-state index contributed by atoms with van der Waals surface area (Å²) in [5, 5.41) is 3.95. The van der Waals surface area contributed by atoms with Crippen LogP contribution in [-0.4, -0.2) is 20.8 Å². The van der Waals surface area contributed by atoms with Crippen molar-refractivity contribution in [2.24, 2.45) is 0 Å². The number of hydrogen-bond donors (Lipinski definition) is 0. The van der Waals surface area contributed by atoms with Crippen LogP contribution in [0.15, 0.2) is 6.07 Å². The molecule has 0 spiro atoms. The highest BCUT2D eigenvalue weighted by Gasteiger charge is 2.38. The van der Waals surface area contributed by atoms with Gasteiger partial charge in [0.25, 0.3) is 0 Å². The lowest BCUT2D eigenvalue weighted by atomic mass is 10.4. The van der Waals surface area contributed by atoms with Crippen molar-refractivity contribution in [2.45, 2.75) is 31.4 Å². The Morgan fingerprint density at radius 2 is 2.07 bits per heavy atom. The number of hydrogen-bond acceptors (Lipinski definition) is 1. The Balaban J connectivity index is 2.74. The maximum atomic E-state index is 12.2. The predicted octanol–water partition coefficient (Wildman–Crippen LogP) is 2.83. The maximum Gasteiger partial charge on any atom is 0.403 e. The van der Waals surface area contributed by atoms with Crippen molar-refractivity contribution >= 4 is 15.9 Å². The minimum absolute atomic E-state index is 0.191. The van der Waals surface area contributed by atoms with E-state index in [9.17, 15) is 13.2 Å². The highest BCUT2D eigenvalue weighted by Crippen LogP contribution is 2.27. The Kier molecular flexibility index (Phi) is 3.24. The molecule has 0 saturated heterocycles. The molecule has 0 fully saturated rings. The average molecular weight is 271 g/mol. The Labute approximate surface area is 88.2 Å². The van der Waals surface area contributed by atoms with Gasteiger partial charge in [-0.1, -0.05) is 15.9 Å². The molecule has 1 atom stereocenters. The van der Waals surface area contributed by atoms with E-state index < -0.39 is 11.0 Å². The van der Waals surface area contributed by atoms with Crippen molar-refractivity contribution in [3.63, 3.8) is 0 Å². The van der Waals surface area contributed by atoms with Crippen molar-refractivity contribution < 1.29 is 13.2 Å². The summed E-state index contributed by atoms with van der Waals surface area (Å²) in [7, 11) is 0. The molecule has 0 aromatic carbocycles. The Morgan fingerprint density at radius 1 is 1.50 bits per heavy atom. The van der Waals surface area contributed by atoms with E-state index in [1.54, 1.807) is 19.9 Å². The van der Waals surface area contributed by atoms with Gasteiger partial charge in [-0.3, -0.25) is 4.68 Å². The molecule has 0 radical (unpaired) electrons. The van der Waals surface area contributed by atoms with Crippen LogP contribution in [0.3, 0.4) is 0 Å². The van der Waals surface area contributed by atoms with Gasteiger partial charge in [-0.25, -0.2) is 0 Å². The molecule has 0 amide bonds. The highest BCUT2D eigenvalue weighted by atomic mass is 79.9. The summed E-state index contributed by atoms with van der Waals surface area (Å²) < 4.78 is 37.9. The molecule has 0 saturated carbocycles. The van der Waals surface area contributed by atoms with E-state index in [0.717, 1.165) is 11.4 Å². The number of halogens is 4. The summed E-state index contributed by atoms with van der Waals surface area (Å²) in [5.41, 5.74) is 1.46. The Hall–Kier alpha value is -0.520. The molecule has 80 valence electrons. The van der Waals surface area contributed by atoms with Gasteiger partial charge in [0.05, 0.1) is 12.2 Å². The molecule has 1 aromatic rings. The minimum Gasteiger partial charge on any atom is -0.268 e. The molecule has 1 aromatic heterocycles. The third kappa shape index (κ3) is 2.73. The fourth-order valence-electron chi connectivity index (χ4n) is 1.12. The molecule has 1 unspecified atom stereocenters. The fourth-order valence-corrected chi connectivity index (χ4v) is 1.39. The first-order chi connectivity index (χ1) is 6.30. The minimum atomic E-state index is -4.23. The van der Waals surface area contributed by atoms with Crippen LogP contribution in [0.1, 0.15) is 11.4 Å². The third-order valence-electron chi connectivity index (χ3n) is 1.79. The van der Waals surface area contributed by atoms with Crippen LogP contribution >= 0.6 is 15.9 Å². The maximum absolute atomic E-state index is 12.2. The van der Waals surface area contributed by atoms with Gasteiger partial charge in [0.2, 0.25) is 0 Å². The van der Waals surface area contributed by atoms with Crippen molar-refractivity contribution in [2.75, 3.05) is 0 Å². The summed E-state index contributed by atoms with van der Waals surface area (Å²) >= 11 is 2.59. The zero-order valence-corrected chi connectivity index (χ0v) is 9.35. The SMILES string of the molecule is Cc1cc(C)n(CC(Br)C(F)(F)F)n1. The monoisotopic (exact) mass is 270 g/mol. The molecule has 6 heteroatoms. The molecule has 1 rings (SSSR count). The molecule has 0 aliphatic carbocycles. The van der Waals surface area contributed by atoms with Crippen LogP contribution in [0.25, 0.3) is 0 Å². The molecule has 0 aliphatic rings. The quantitative estimate of drug-likeness (QED) is 0.756. The predicted molar refractivity (Wildman–Crippen MR) is 50.5 cm³/mol. The van der Waals surface area contributed by atoms with Gasteiger partial charge in [-0.05, 0) is 19.9 Å². The zero-order chi connectivity index (χ0) is 10.9. The van der Waals surface area contributed by atoms with E-state index >= 15 is 0 Å². The van der Waals surface area contributed by atoms with Gasteiger partial charge < -0.3 is 0 Å². The van der Waals surface area contributed by atoms with E-state index in [4.69, 9.17) is 0 Å². The number of rotatable bonds is 2. The van der Waals surface area contributed by atoms with Crippen LogP contribution < -0.4 is 0 Å². The van der Waals surface area contributed by atoms with Crippen LogP contribution in [0.4, 0.5) is 13.2 Å². The standard InChI is InChI=1S/C8H10BrF3N2/c1-5-3-6(2)14(13-5)4-7(9)8(10,11)12/h3,7H,4H2,1-2H3. The summed E-state index contributed by atoms with van der Waals surface area (Å²) in [6.07, 6.45) is -4.23. The van der Waals surface area contributed by atoms with Crippen LogP contribution in [-0.2, 0) is 6.54 Å². The van der Waals surface area contributed by atoms with Crippen LogP contribution in [0.5, 0.6) is 0 Å². The number of aryl methyl sites for hydroxylation is 2. The van der Waals surface area contributed by atoms with Gasteiger partial charge in [0.1, 0.15) is 4.83 Å². The lowest BCUT2D eigenvalue weighted by Gasteiger charge is -2.14. The average Bonchev–Trinajstić information content (AvgIpc) is 2.28. The molecule has 0 N–H and O–H groups in total. The third-order valence-corrected chi connectivity index (χ3v) is 2.60. The van der Waals surface area contributed by atoms with Crippen molar-refractivity contribution in [1.29, 1.82) is 0 Å². The smallest absolute Gasteiger partial charge is 0.268 e. The zero-order valence-electron chi connectivity index (χ0n) is 7.77. The molecule has 0 aliphatic heterocycles. The Morgan fingerprint density at radius 3 is 2.43 bits per heavy atom. The molecule has 14 heavy (non-hydrogen) atoms. The molecular weight excluding hydrogens is 261 g/mol. The van der Waals surface area contributed by atoms with Gasteiger partial charge in [-0.15, -0.1) is 0 Å². The van der Waals surface area contributed by atoms with Gasteiger partial charge >= 0.3 is 6.18 Å². The molecular formula is C8H10BrF3N2. The lowest BCUT2D eigenvalue weighted by molar-refractivity contribution is -0.129. The topological polar surface area (TPSA) is 17.8 Å². The highest BCUT2D eigenvalue weighted by molar-refractivity contribution is 9.09. The van der Waals surface area contributed by atoms with Crippen molar-refractivity contribution in [3.8, 4) is 0 Å². The van der Waals surface area contributed by atoms with E-state index in [0.29, 0.717) is 0 Å². The number of aromatic nitrogens is 2. The summed E-state index contributed by atoms with van der Waals surface area (Å²) in [6, 6.07) is 1.75. The van der Waals surface area contributed by atoms with Crippen LogP contribution in [0, 0.1) is 13.8 Å². The summed E-state index contributed by atoms with van der Waals surface area (Å²) in [6.45, 7) is 3.29. The lowest BCUT2D eigenvalue weighted by Crippen LogP contribution is -2.28.